The molecule has 1 aliphatic heterocycles. The topological polar surface area (TPSA) is 32.3 Å². The van der Waals surface area contributed by atoms with E-state index in [1.54, 1.807) is 6.07 Å². The zero-order chi connectivity index (χ0) is 21.8. The Hall–Kier alpha value is -1.49. The fourth-order valence-corrected chi connectivity index (χ4v) is 4.84. The predicted octanol–water partition coefficient (Wildman–Crippen LogP) is 5.38. The van der Waals surface area contributed by atoms with E-state index in [0.717, 1.165) is 50.9 Å². The van der Waals surface area contributed by atoms with E-state index >= 15 is 4.39 Å². The average Bonchev–Trinajstić information content (AvgIpc) is 2.71. The summed E-state index contributed by atoms with van der Waals surface area (Å²) in [7, 11) is 0. The van der Waals surface area contributed by atoms with Gasteiger partial charge in [0.1, 0.15) is 11.5 Å². The number of nitrogens with one attached hydrogen (secondary N) is 1. The van der Waals surface area contributed by atoms with Crippen molar-refractivity contribution in [2.75, 3.05) is 26.2 Å². The Labute approximate surface area is 180 Å². The molecule has 1 heterocycles. The van der Waals surface area contributed by atoms with Crippen molar-refractivity contribution in [3.05, 3.63) is 35.6 Å². The normalized spacial score (nSPS) is 21.9. The molecule has 0 aromatic heterocycles. The fourth-order valence-electron chi connectivity index (χ4n) is 4.84. The number of amides is 1. The summed E-state index contributed by atoms with van der Waals surface area (Å²) in [5.74, 6) is -0.463. The maximum Gasteiger partial charge on any atom is 0.230 e. The van der Waals surface area contributed by atoms with Crippen LogP contribution in [0.2, 0.25) is 0 Å². The molecule has 1 saturated heterocycles. The third-order valence-corrected chi connectivity index (χ3v) is 7.01. The van der Waals surface area contributed by atoms with Gasteiger partial charge in [-0.3, -0.25) is 4.79 Å². The maximum atomic E-state index is 15.4. The molecule has 30 heavy (non-hydrogen) atoms. The van der Waals surface area contributed by atoms with Crippen molar-refractivity contribution in [2.24, 2.45) is 5.41 Å². The van der Waals surface area contributed by atoms with Crippen molar-refractivity contribution >= 4 is 5.91 Å². The van der Waals surface area contributed by atoms with E-state index < -0.39 is 11.1 Å². The van der Waals surface area contributed by atoms with Crippen LogP contribution in [-0.2, 0) is 10.2 Å². The van der Waals surface area contributed by atoms with Gasteiger partial charge in [-0.05, 0) is 61.8 Å². The number of likely N-dealkylation sites (tertiary alicyclic amines) is 1. The van der Waals surface area contributed by atoms with Gasteiger partial charge in [-0.2, -0.15) is 0 Å². The molecule has 0 bridgehead atoms. The molecule has 2 aliphatic rings. The number of alkyl halides is 1. The lowest BCUT2D eigenvalue weighted by molar-refractivity contribution is -0.129. The highest BCUT2D eigenvalue weighted by molar-refractivity contribution is 5.88. The fraction of sp³-hybridized carbons (Fsp3) is 0.720. The monoisotopic (exact) mass is 420 g/mol. The van der Waals surface area contributed by atoms with E-state index in [4.69, 9.17) is 0 Å². The molecule has 1 saturated carbocycles. The summed E-state index contributed by atoms with van der Waals surface area (Å²) in [5, 5.41) is 2.94. The van der Waals surface area contributed by atoms with Gasteiger partial charge < -0.3 is 10.2 Å². The van der Waals surface area contributed by atoms with Crippen LogP contribution in [0.4, 0.5) is 8.78 Å². The quantitative estimate of drug-likeness (QED) is 0.670. The van der Waals surface area contributed by atoms with E-state index in [-0.39, 0.29) is 23.7 Å². The minimum atomic E-state index is -1.36. The van der Waals surface area contributed by atoms with Gasteiger partial charge in [-0.15, -0.1) is 0 Å². The van der Waals surface area contributed by atoms with Gasteiger partial charge in [0.05, 0.1) is 12.0 Å². The van der Waals surface area contributed by atoms with E-state index in [1.807, 2.05) is 6.07 Å². The van der Waals surface area contributed by atoms with Crippen LogP contribution in [0.1, 0.15) is 77.7 Å². The summed E-state index contributed by atoms with van der Waals surface area (Å²) in [6.07, 6.45) is 6.35. The Kier molecular flexibility index (Phi) is 7.21. The van der Waals surface area contributed by atoms with Crippen molar-refractivity contribution in [2.45, 2.75) is 83.2 Å². The van der Waals surface area contributed by atoms with E-state index in [9.17, 15) is 9.18 Å². The van der Waals surface area contributed by atoms with Crippen molar-refractivity contribution < 1.29 is 13.6 Å². The first kappa shape index (κ1) is 23.2. The standard InChI is InChI=1S/C25H38F2N2O/c1-23(2,3)12-15-29-16-13-24(27,14-17-29)19-28-22(30)25(10-5-4-6-11-25)20-8-7-9-21(26)18-20/h7-9,18H,4-6,10-17,19H2,1-3H3,(H,28,30). The number of nitrogens with zero attached hydrogens (tertiary/aromatic N) is 1. The third kappa shape index (κ3) is 5.81. The van der Waals surface area contributed by atoms with Gasteiger partial charge >= 0.3 is 0 Å². The average molecular weight is 421 g/mol. The lowest BCUT2D eigenvalue weighted by atomic mass is 9.68. The largest absolute Gasteiger partial charge is 0.352 e. The lowest BCUT2D eigenvalue weighted by Gasteiger charge is -2.40. The molecule has 1 aromatic rings. The molecule has 0 unspecified atom stereocenters. The van der Waals surface area contributed by atoms with Gasteiger partial charge in [0.15, 0.2) is 0 Å². The Morgan fingerprint density at radius 3 is 2.37 bits per heavy atom. The number of carbonyl (C=O) groups excluding carboxylic acids is 1. The molecule has 2 fully saturated rings. The van der Waals surface area contributed by atoms with Crippen molar-refractivity contribution in [1.29, 1.82) is 0 Å². The summed E-state index contributed by atoms with van der Waals surface area (Å²) < 4.78 is 29.3. The number of piperidine rings is 1. The smallest absolute Gasteiger partial charge is 0.230 e. The zero-order valence-electron chi connectivity index (χ0n) is 18.9. The molecule has 3 nitrogen and oxygen atoms in total. The van der Waals surface area contributed by atoms with Crippen LogP contribution in [0, 0.1) is 11.2 Å². The molecule has 1 amide bonds. The second kappa shape index (κ2) is 9.33. The number of hydrogen-bond donors (Lipinski definition) is 1. The van der Waals surface area contributed by atoms with E-state index in [0.29, 0.717) is 25.7 Å². The van der Waals surface area contributed by atoms with Crippen LogP contribution in [0.15, 0.2) is 24.3 Å². The van der Waals surface area contributed by atoms with Gasteiger partial charge in [0.25, 0.3) is 0 Å². The lowest BCUT2D eigenvalue weighted by Crippen LogP contribution is -2.52. The minimum Gasteiger partial charge on any atom is -0.352 e. The third-order valence-electron chi connectivity index (χ3n) is 7.01. The first-order valence-corrected chi connectivity index (χ1v) is 11.6. The van der Waals surface area contributed by atoms with Crippen molar-refractivity contribution in [3.8, 4) is 0 Å². The molecule has 168 valence electrons. The molecule has 3 rings (SSSR count). The van der Waals surface area contributed by atoms with E-state index in [1.165, 1.54) is 12.1 Å². The molecule has 5 heteroatoms. The molecule has 0 atom stereocenters. The van der Waals surface area contributed by atoms with Gasteiger partial charge in [0, 0.05) is 13.1 Å². The molecule has 1 N–H and O–H groups in total. The Bertz CT molecular complexity index is 714. The second-order valence-electron chi connectivity index (χ2n) is 10.6. The highest BCUT2D eigenvalue weighted by Crippen LogP contribution is 2.40. The van der Waals surface area contributed by atoms with Crippen LogP contribution in [0.3, 0.4) is 0 Å². The SMILES string of the molecule is CC(C)(C)CCN1CCC(F)(CNC(=O)C2(c3cccc(F)c3)CCCCC2)CC1. The molecule has 1 aliphatic carbocycles. The predicted molar refractivity (Wildman–Crippen MR) is 118 cm³/mol. The Morgan fingerprint density at radius 1 is 1.10 bits per heavy atom. The zero-order valence-corrected chi connectivity index (χ0v) is 18.9. The first-order chi connectivity index (χ1) is 14.1. The van der Waals surface area contributed by atoms with Crippen molar-refractivity contribution in [3.63, 3.8) is 0 Å². The summed E-state index contributed by atoms with van der Waals surface area (Å²) in [4.78, 5) is 15.6. The first-order valence-electron chi connectivity index (χ1n) is 11.6. The van der Waals surface area contributed by atoms with Crippen LogP contribution in [0.25, 0.3) is 0 Å². The van der Waals surface area contributed by atoms with E-state index in [2.05, 4.69) is 31.0 Å². The summed E-state index contributed by atoms with van der Waals surface area (Å²) in [6.45, 7) is 9.20. The summed E-state index contributed by atoms with van der Waals surface area (Å²) in [6, 6.07) is 6.39. The van der Waals surface area contributed by atoms with Gasteiger partial charge in [-0.25, -0.2) is 8.78 Å². The van der Waals surface area contributed by atoms with Crippen molar-refractivity contribution in [1.82, 2.24) is 10.2 Å². The second-order valence-corrected chi connectivity index (χ2v) is 10.6. The molecule has 1 aromatic carbocycles. The van der Waals surface area contributed by atoms with Crippen LogP contribution < -0.4 is 5.32 Å². The minimum absolute atomic E-state index is 0.0516. The number of hydrogen-bond acceptors (Lipinski definition) is 2. The number of benzene rings is 1. The highest BCUT2D eigenvalue weighted by atomic mass is 19.1. The molecular weight excluding hydrogens is 382 g/mol. The number of halogens is 2. The number of carbonyl (C=O) groups is 1. The Morgan fingerprint density at radius 2 is 1.77 bits per heavy atom. The van der Waals surface area contributed by atoms with Crippen LogP contribution in [0.5, 0.6) is 0 Å². The summed E-state index contributed by atoms with van der Waals surface area (Å²) in [5.41, 5.74) is -1.08. The molecule has 0 radical (unpaired) electrons. The van der Waals surface area contributed by atoms with Gasteiger partial charge in [-0.1, -0.05) is 52.2 Å². The summed E-state index contributed by atoms with van der Waals surface area (Å²) >= 11 is 0. The van der Waals surface area contributed by atoms with Gasteiger partial charge in [0.2, 0.25) is 5.91 Å². The Balaban J connectivity index is 1.59. The van der Waals surface area contributed by atoms with Crippen LogP contribution >= 0.6 is 0 Å². The molecular formula is C25H38F2N2O. The molecule has 0 spiro atoms. The van der Waals surface area contributed by atoms with Crippen LogP contribution in [-0.4, -0.2) is 42.7 Å². The number of rotatable bonds is 6. The highest BCUT2D eigenvalue weighted by Gasteiger charge is 2.43. The maximum absolute atomic E-state index is 15.4.